The number of hydrogen-bond acceptors (Lipinski definition) is 1. The van der Waals surface area contributed by atoms with Gasteiger partial charge in [0.25, 0.3) is 0 Å². The number of carbonyl (C=O) groups is 1. The smallest absolute Gasteiger partial charge is 0.317 e. The molecule has 2 bridgehead atoms. The number of nitrogens with zero attached hydrogens (tertiary/aromatic N) is 1. The lowest BCUT2D eigenvalue weighted by atomic mass is 10.2. The molecule has 0 aromatic heterocycles. The van der Waals surface area contributed by atoms with Crippen LogP contribution in [0.4, 0.5) is 10.5 Å². The highest BCUT2D eigenvalue weighted by atomic mass is 16.2. The van der Waals surface area contributed by atoms with E-state index in [2.05, 4.69) is 17.5 Å². The maximum atomic E-state index is 12.1. The molecule has 0 saturated carbocycles. The van der Waals surface area contributed by atoms with Crippen LogP contribution >= 0.6 is 0 Å². The summed E-state index contributed by atoms with van der Waals surface area (Å²) in [5.41, 5.74) is 2.03. The van der Waals surface area contributed by atoms with Crippen molar-refractivity contribution in [2.24, 2.45) is 5.92 Å². The van der Waals surface area contributed by atoms with E-state index in [-0.39, 0.29) is 6.03 Å². The maximum Gasteiger partial charge on any atom is 0.322 e. The van der Waals surface area contributed by atoms with Crippen LogP contribution in [0.15, 0.2) is 36.4 Å². The predicted octanol–water partition coefficient (Wildman–Crippen LogP) is 2.79. The highest BCUT2D eigenvalue weighted by Crippen LogP contribution is 2.31. The van der Waals surface area contributed by atoms with Gasteiger partial charge in [-0.15, -0.1) is 0 Å². The zero-order valence-corrected chi connectivity index (χ0v) is 9.89. The maximum absolute atomic E-state index is 12.1. The Balaban J connectivity index is 1.70. The molecular formula is C14H16N2O. The van der Waals surface area contributed by atoms with E-state index in [9.17, 15) is 4.79 Å². The summed E-state index contributed by atoms with van der Waals surface area (Å²) in [5, 5.41) is 2.96. The third kappa shape index (κ3) is 1.93. The van der Waals surface area contributed by atoms with Gasteiger partial charge in [-0.3, -0.25) is 0 Å². The number of benzene rings is 1. The second-order valence-corrected chi connectivity index (χ2v) is 4.90. The summed E-state index contributed by atoms with van der Waals surface area (Å²) >= 11 is 0. The first-order chi connectivity index (χ1) is 8.22. The van der Waals surface area contributed by atoms with Crippen LogP contribution in [0.1, 0.15) is 12.0 Å². The Morgan fingerprint density at radius 2 is 2.29 bits per heavy atom. The Hall–Kier alpha value is -1.77. The molecule has 88 valence electrons. The summed E-state index contributed by atoms with van der Waals surface area (Å²) in [7, 11) is 0. The molecule has 3 nitrogen and oxygen atoms in total. The molecule has 2 aliphatic rings. The van der Waals surface area contributed by atoms with Crippen LogP contribution in [0.2, 0.25) is 0 Å². The van der Waals surface area contributed by atoms with Gasteiger partial charge in [-0.05, 0) is 37.0 Å². The number of hydrogen-bond donors (Lipinski definition) is 1. The number of anilines is 1. The van der Waals surface area contributed by atoms with Crippen molar-refractivity contribution in [3.63, 3.8) is 0 Å². The van der Waals surface area contributed by atoms with Gasteiger partial charge in [0.15, 0.2) is 0 Å². The van der Waals surface area contributed by atoms with Crippen molar-refractivity contribution in [1.29, 1.82) is 0 Å². The lowest BCUT2D eigenvalue weighted by molar-refractivity contribution is 0.212. The van der Waals surface area contributed by atoms with Gasteiger partial charge >= 0.3 is 6.03 Å². The molecule has 2 unspecified atom stereocenters. The average molecular weight is 228 g/mol. The minimum atomic E-state index is 0.0208. The molecule has 1 aliphatic carbocycles. The van der Waals surface area contributed by atoms with Crippen LogP contribution in [-0.4, -0.2) is 23.5 Å². The minimum Gasteiger partial charge on any atom is -0.317 e. The van der Waals surface area contributed by atoms with Crippen molar-refractivity contribution < 1.29 is 4.79 Å². The summed E-state index contributed by atoms with van der Waals surface area (Å²) in [4.78, 5) is 14.0. The molecule has 1 saturated heterocycles. The van der Waals surface area contributed by atoms with Crippen molar-refractivity contribution in [3.05, 3.63) is 42.0 Å². The van der Waals surface area contributed by atoms with Crippen LogP contribution in [0.5, 0.6) is 0 Å². The molecule has 2 amide bonds. The molecule has 1 N–H and O–H groups in total. The van der Waals surface area contributed by atoms with E-state index in [1.54, 1.807) is 0 Å². The Morgan fingerprint density at radius 1 is 1.41 bits per heavy atom. The number of rotatable bonds is 1. The first kappa shape index (κ1) is 10.4. The monoisotopic (exact) mass is 228 g/mol. The third-order valence-corrected chi connectivity index (χ3v) is 3.51. The fourth-order valence-corrected chi connectivity index (χ4v) is 2.66. The highest BCUT2D eigenvalue weighted by molar-refractivity contribution is 5.90. The lowest BCUT2D eigenvalue weighted by Gasteiger charge is -2.24. The quantitative estimate of drug-likeness (QED) is 0.736. The van der Waals surface area contributed by atoms with E-state index in [0.717, 1.165) is 24.2 Å². The Labute approximate surface area is 101 Å². The number of aryl methyl sites for hydroxylation is 1. The average Bonchev–Trinajstić information content (AvgIpc) is 2.90. The van der Waals surface area contributed by atoms with Crippen molar-refractivity contribution in [2.45, 2.75) is 19.4 Å². The predicted molar refractivity (Wildman–Crippen MR) is 67.9 cm³/mol. The van der Waals surface area contributed by atoms with Crippen LogP contribution in [0.25, 0.3) is 0 Å². The fourth-order valence-electron chi connectivity index (χ4n) is 2.66. The molecule has 0 radical (unpaired) electrons. The number of likely N-dealkylation sites (tertiary alicyclic amines) is 1. The van der Waals surface area contributed by atoms with E-state index in [4.69, 9.17) is 0 Å². The normalized spacial score (nSPS) is 25.4. The van der Waals surface area contributed by atoms with Gasteiger partial charge in [-0.1, -0.05) is 24.3 Å². The van der Waals surface area contributed by atoms with Crippen LogP contribution in [0.3, 0.4) is 0 Å². The van der Waals surface area contributed by atoms with Gasteiger partial charge in [-0.2, -0.15) is 0 Å². The first-order valence-electron chi connectivity index (χ1n) is 6.05. The fraction of sp³-hybridized carbons (Fsp3) is 0.357. The van der Waals surface area contributed by atoms with Gasteiger partial charge in [0.05, 0.1) is 6.04 Å². The lowest BCUT2D eigenvalue weighted by Crippen LogP contribution is -2.39. The first-order valence-corrected chi connectivity index (χ1v) is 6.05. The van der Waals surface area contributed by atoms with E-state index in [1.165, 1.54) is 0 Å². The molecule has 17 heavy (non-hydrogen) atoms. The van der Waals surface area contributed by atoms with E-state index in [1.807, 2.05) is 36.1 Å². The van der Waals surface area contributed by atoms with E-state index >= 15 is 0 Å². The minimum absolute atomic E-state index is 0.0208. The Bertz CT molecular complexity index is 481. The topological polar surface area (TPSA) is 32.3 Å². The van der Waals surface area contributed by atoms with Crippen LogP contribution < -0.4 is 5.32 Å². The van der Waals surface area contributed by atoms with Gasteiger partial charge in [0, 0.05) is 12.2 Å². The largest absolute Gasteiger partial charge is 0.322 e. The molecule has 1 heterocycles. The summed E-state index contributed by atoms with van der Waals surface area (Å²) < 4.78 is 0. The summed E-state index contributed by atoms with van der Waals surface area (Å²) in [5.74, 6) is 0.572. The van der Waals surface area contributed by atoms with Gasteiger partial charge in [-0.25, -0.2) is 4.79 Å². The molecule has 3 heteroatoms. The van der Waals surface area contributed by atoms with Crippen molar-refractivity contribution in [2.75, 3.05) is 11.9 Å². The molecule has 1 fully saturated rings. The molecule has 1 aliphatic heterocycles. The van der Waals surface area contributed by atoms with Crippen molar-refractivity contribution in [3.8, 4) is 0 Å². The SMILES string of the molecule is Cc1cccc(NC(=O)N2CC3C=CC2C3)c1. The summed E-state index contributed by atoms with van der Waals surface area (Å²) in [6, 6.07) is 8.23. The van der Waals surface area contributed by atoms with Gasteiger partial charge in [0.2, 0.25) is 0 Å². The van der Waals surface area contributed by atoms with Crippen molar-refractivity contribution in [1.82, 2.24) is 4.90 Å². The molecule has 2 atom stereocenters. The molecule has 0 spiro atoms. The number of carbonyl (C=O) groups excluding carboxylic acids is 1. The molecular weight excluding hydrogens is 212 g/mol. The standard InChI is InChI=1S/C14H16N2O/c1-10-3-2-4-12(7-10)15-14(17)16-9-11-5-6-13(16)8-11/h2-7,11,13H,8-9H2,1H3,(H,15,17). The molecule has 3 rings (SSSR count). The summed E-state index contributed by atoms with van der Waals surface area (Å²) in [6.07, 6.45) is 5.46. The number of urea groups is 1. The van der Waals surface area contributed by atoms with Gasteiger partial charge < -0.3 is 10.2 Å². The Morgan fingerprint density at radius 3 is 2.94 bits per heavy atom. The van der Waals surface area contributed by atoms with Crippen LogP contribution in [0, 0.1) is 12.8 Å². The zero-order valence-electron chi connectivity index (χ0n) is 9.89. The molecule has 1 aromatic carbocycles. The summed E-state index contributed by atoms with van der Waals surface area (Å²) in [6.45, 7) is 2.88. The van der Waals surface area contributed by atoms with E-state index < -0.39 is 0 Å². The molecule has 1 aromatic rings. The second kappa shape index (κ2) is 3.91. The van der Waals surface area contributed by atoms with Crippen molar-refractivity contribution >= 4 is 11.7 Å². The number of fused-ring (bicyclic) bond motifs is 2. The van der Waals surface area contributed by atoms with E-state index in [0.29, 0.717) is 12.0 Å². The van der Waals surface area contributed by atoms with Crippen LogP contribution in [-0.2, 0) is 0 Å². The number of nitrogens with one attached hydrogen (secondary N) is 1. The second-order valence-electron chi connectivity index (χ2n) is 4.90. The zero-order chi connectivity index (χ0) is 11.8. The Kier molecular flexibility index (Phi) is 2.39. The van der Waals surface area contributed by atoms with Gasteiger partial charge in [0.1, 0.15) is 0 Å². The number of amides is 2. The third-order valence-electron chi connectivity index (χ3n) is 3.51. The highest BCUT2D eigenvalue weighted by Gasteiger charge is 2.36.